The van der Waals surface area contributed by atoms with Crippen LogP contribution >= 0.6 is 11.8 Å². The SMILES string of the molecule is CC(C)OC(=O)C1=C2SC(Cc3ccccc3)C(=O)N2CCC1. The van der Waals surface area contributed by atoms with Crippen molar-refractivity contribution in [1.82, 2.24) is 4.90 Å². The van der Waals surface area contributed by atoms with Gasteiger partial charge in [-0.25, -0.2) is 4.79 Å². The van der Waals surface area contributed by atoms with E-state index in [4.69, 9.17) is 4.74 Å². The third kappa shape index (κ3) is 3.44. The van der Waals surface area contributed by atoms with Crippen LogP contribution in [0.5, 0.6) is 0 Å². The molecule has 0 radical (unpaired) electrons. The lowest BCUT2D eigenvalue weighted by Gasteiger charge is -2.25. The van der Waals surface area contributed by atoms with Gasteiger partial charge in [0.15, 0.2) is 0 Å². The van der Waals surface area contributed by atoms with E-state index in [1.807, 2.05) is 44.2 Å². The van der Waals surface area contributed by atoms with Gasteiger partial charge in [0.2, 0.25) is 5.91 Å². The maximum atomic E-state index is 12.7. The maximum Gasteiger partial charge on any atom is 0.336 e. The van der Waals surface area contributed by atoms with E-state index in [-0.39, 0.29) is 23.2 Å². The average Bonchev–Trinajstić information content (AvgIpc) is 2.84. The standard InChI is InChI=1S/C18H21NO3S/c1-12(2)22-18(21)14-9-6-10-19-16(20)15(23-17(14)19)11-13-7-4-3-5-8-13/h3-5,7-8,12,15H,6,9-11H2,1-2H3. The molecule has 0 aromatic heterocycles. The second-order valence-electron chi connectivity index (χ2n) is 6.13. The predicted molar refractivity (Wildman–Crippen MR) is 90.7 cm³/mol. The number of hydrogen-bond acceptors (Lipinski definition) is 4. The van der Waals surface area contributed by atoms with Crippen molar-refractivity contribution in [3.8, 4) is 0 Å². The predicted octanol–water partition coefficient (Wildman–Crippen LogP) is 3.13. The molecule has 2 heterocycles. The number of amides is 1. The Morgan fingerprint density at radius 3 is 2.78 bits per heavy atom. The Morgan fingerprint density at radius 2 is 2.09 bits per heavy atom. The van der Waals surface area contributed by atoms with Gasteiger partial charge in [-0.05, 0) is 38.7 Å². The summed E-state index contributed by atoms with van der Waals surface area (Å²) in [5, 5.41) is 0.667. The average molecular weight is 331 g/mol. The van der Waals surface area contributed by atoms with E-state index in [1.165, 1.54) is 11.8 Å². The number of carbonyl (C=O) groups excluding carboxylic acids is 2. The highest BCUT2D eigenvalue weighted by Crippen LogP contribution is 2.42. The van der Waals surface area contributed by atoms with Gasteiger partial charge in [-0.15, -0.1) is 0 Å². The first-order valence-corrected chi connectivity index (χ1v) is 8.90. The minimum Gasteiger partial charge on any atom is -0.460 e. The van der Waals surface area contributed by atoms with E-state index in [9.17, 15) is 9.59 Å². The van der Waals surface area contributed by atoms with Crippen molar-refractivity contribution in [3.05, 3.63) is 46.5 Å². The largest absolute Gasteiger partial charge is 0.460 e. The maximum absolute atomic E-state index is 12.7. The van der Waals surface area contributed by atoms with E-state index in [1.54, 1.807) is 4.90 Å². The van der Waals surface area contributed by atoms with Crippen LogP contribution in [0.2, 0.25) is 0 Å². The first-order chi connectivity index (χ1) is 11.1. The van der Waals surface area contributed by atoms with Crippen LogP contribution in [0.4, 0.5) is 0 Å². The molecule has 3 rings (SSSR count). The molecule has 0 spiro atoms. The summed E-state index contributed by atoms with van der Waals surface area (Å²) in [7, 11) is 0. The summed E-state index contributed by atoms with van der Waals surface area (Å²) in [6.07, 6.45) is 2.05. The first kappa shape index (κ1) is 16.1. The van der Waals surface area contributed by atoms with Crippen molar-refractivity contribution in [2.45, 2.75) is 44.5 Å². The van der Waals surface area contributed by atoms with Crippen molar-refractivity contribution in [3.63, 3.8) is 0 Å². The summed E-state index contributed by atoms with van der Waals surface area (Å²) in [5.74, 6) is -0.163. The molecular weight excluding hydrogens is 310 g/mol. The van der Waals surface area contributed by atoms with Gasteiger partial charge in [-0.3, -0.25) is 4.79 Å². The van der Waals surface area contributed by atoms with E-state index in [0.717, 1.165) is 17.0 Å². The molecule has 1 fully saturated rings. The third-order valence-electron chi connectivity index (χ3n) is 3.96. The highest BCUT2D eigenvalue weighted by Gasteiger charge is 2.41. The molecule has 122 valence electrons. The van der Waals surface area contributed by atoms with Crippen LogP contribution in [0.25, 0.3) is 0 Å². The molecule has 4 nitrogen and oxygen atoms in total. The fraction of sp³-hybridized carbons (Fsp3) is 0.444. The molecule has 1 unspecified atom stereocenters. The second kappa shape index (κ2) is 6.79. The van der Waals surface area contributed by atoms with Crippen LogP contribution < -0.4 is 0 Å². The molecular formula is C18H21NO3S. The lowest BCUT2D eigenvalue weighted by molar-refractivity contribution is -0.143. The zero-order valence-corrected chi connectivity index (χ0v) is 14.3. The molecule has 0 bridgehead atoms. The topological polar surface area (TPSA) is 46.6 Å². The van der Waals surface area contributed by atoms with Gasteiger partial charge in [0.25, 0.3) is 0 Å². The lowest BCUT2D eigenvalue weighted by Crippen LogP contribution is -2.34. The fourth-order valence-electron chi connectivity index (χ4n) is 2.92. The Hall–Kier alpha value is -1.75. The third-order valence-corrected chi connectivity index (χ3v) is 5.30. The number of esters is 1. The van der Waals surface area contributed by atoms with E-state index in [2.05, 4.69) is 0 Å². The summed E-state index contributed by atoms with van der Waals surface area (Å²) in [6.45, 7) is 4.38. The smallest absolute Gasteiger partial charge is 0.336 e. The molecule has 0 aliphatic carbocycles. The van der Waals surface area contributed by atoms with Gasteiger partial charge < -0.3 is 9.64 Å². The van der Waals surface area contributed by atoms with E-state index < -0.39 is 0 Å². The molecule has 23 heavy (non-hydrogen) atoms. The summed E-state index contributed by atoms with van der Waals surface area (Å²) in [4.78, 5) is 26.7. The zero-order valence-electron chi connectivity index (χ0n) is 13.5. The van der Waals surface area contributed by atoms with Crippen molar-refractivity contribution in [2.75, 3.05) is 6.54 Å². The molecule has 5 heteroatoms. The number of thioether (sulfide) groups is 1. The fourth-order valence-corrected chi connectivity index (χ4v) is 4.33. The minimum atomic E-state index is -0.277. The lowest BCUT2D eigenvalue weighted by atomic mass is 10.1. The van der Waals surface area contributed by atoms with Gasteiger partial charge in [0.1, 0.15) is 0 Å². The van der Waals surface area contributed by atoms with Gasteiger partial charge in [0, 0.05) is 6.54 Å². The molecule has 0 N–H and O–H groups in total. The molecule has 1 aromatic rings. The molecule has 2 aliphatic rings. The monoisotopic (exact) mass is 331 g/mol. The van der Waals surface area contributed by atoms with Crippen LogP contribution in [0.15, 0.2) is 40.9 Å². The molecule has 1 amide bonds. The summed E-state index contributed by atoms with van der Waals surface area (Å²) in [6, 6.07) is 10.0. The van der Waals surface area contributed by atoms with Crippen LogP contribution in [-0.2, 0) is 20.7 Å². The van der Waals surface area contributed by atoms with Crippen molar-refractivity contribution >= 4 is 23.6 Å². The molecule has 1 atom stereocenters. The van der Waals surface area contributed by atoms with Crippen LogP contribution in [0.3, 0.4) is 0 Å². The highest BCUT2D eigenvalue weighted by atomic mass is 32.2. The number of fused-ring (bicyclic) bond motifs is 1. The number of ether oxygens (including phenoxy) is 1. The van der Waals surface area contributed by atoms with Gasteiger partial charge in [-0.1, -0.05) is 42.1 Å². The molecule has 1 aromatic carbocycles. The van der Waals surface area contributed by atoms with Crippen molar-refractivity contribution in [1.29, 1.82) is 0 Å². The Morgan fingerprint density at radius 1 is 1.35 bits per heavy atom. The van der Waals surface area contributed by atoms with Crippen molar-refractivity contribution < 1.29 is 14.3 Å². The molecule has 2 aliphatic heterocycles. The second-order valence-corrected chi connectivity index (χ2v) is 7.32. The Labute approximate surface area is 140 Å². The number of benzene rings is 1. The van der Waals surface area contributed by atoms with Crippen LogP contribution in [0.1, 0.15) is 32.3 Å². The van der Waals surface area contributed by atoms with E-state index >= 15 is 0 Å². The van der Waals surface area contributed by atoms with Crippen LogP contribution in [-0.4, -0.2) is 34.7 Å². The summed E-state index contributed by atoms with van der Waals surface area (Å²) >= 11 is 1.52. The summed E-state index contributed by atoms with van der Waals surface area (Å²) in [5.41, 5.74) is 1.81. The number of carbonyl (C=O) groups is 2. The number of hydrogen-bond donors (Lipinski definition) is 0. The number of nitrogens with zero attached hydrogens (tertiary/aromatic N) is 1. The zero-order chi connectivity index (χ0) is 16.4. The first-order valence-electron chi connectivity index (χ1n) is 8.02. The highest BCUT2D eigenvalue weighted by molar-refractivity contribution is 8.04. The van der Waals surface area contributed by atoms with Gasteiger partial charge >= 0.3 is 5.97 Å². The van der Waals surface area contributed by atoms with Gasteiger partial charge in [0.05, 0.1) is 22.0 Å². The number of rotatable bonds is 4. The van der Waals surface area contributed by atoms with Crippen LogP contribution in [0, 0.1) is 0 Å². The molecule has 1 saturated heterocycles. The normalized spacial score (nSPS) is 20.9. The summed E-state index contributed by atoms with van der Waals surface area (Å²) < 4.78 is 5.34. The molecule has 0 saturated carbocycles. The quantitative estimate of drug-likeness (QED) is 0.795. The minimum absolute atomic E-state index is 0.114. The van der Waals surface area contributed by atoms with E-state index in [0.29, 0.717) is 25.0 Å². The van der Waals surface area contributed by atoms with Crippen molar-refractivity contribution in [2.24, 2.45) is 0 Å². The Balaban J connectivity index is 1.81. The Kier molecular flexibility index (Phi) is 4.76. The Bertz CT molecular complexity index is 639. The van der Waals surface area contributed by atoms with Gasteiger partial charge in [-0.2, -0.15) is 0 Å².